The van der Waals surface area contributed by atoms with Crippen molar-refractivity contribution < 1.29 is 14.3 Å². The van der Waals surface area contributed by atoms with E-state index in [9.17, 15) is 9.59 Å². The van der Waals surface area contributed by atoms with Crippen LogP contribution in [0.3, 0.4) is 0 Å². The Morgan fingerprint density at radius 1 is 1.24 bits per heavy atom. The molecule has 2 aromatic carbocycles. The van der Waals surface area contributed by atoms with Gasteiger partial charge in [0.2, 0.25) is 0 Å². The topological polar surface area (TPSA) is 82.8 Å². The lowest BCUT2D eigenvalue weighted by Crippen LogP contribution is -2.26. The summed E-state index contributed by atoms with van der Waals surface area (Å²) in [7, 11) is 0. The molecule has 174 valence electrons. The van der Waals surface area contributed by atoms with Crippen molar-refractivity contribution in [3.63, 3.8) is 0 Å². The van der Waals surface area contributed by atoms with Crippen molar-refractivity contribution >= 4 is 50.6 Å². The van der Waals surface area contributed by atoms with Crippen LogP contribution in [0.5, 0.6) is 5.75 Å². The average molecular weight is 535 g/mol. The molecule has 0 amide bonds. The van der Waals surface area contributed by atoms with E-state index in [0.717, 1.165) is 10.9 Å². The summed E-state index contributed by atoms with van der Waals surface area (Å²) >= 11 is 9.75. The Balaban J connectivity index is 1.95. The molecule has 7 nitrogen and oxygen atoms in total. The second-order valence-electron chi connectivity index (χ2n) is 7.50. The van der Waals surface area contributed by atoms with E-state index < -0.39 is 12.1 Å². The van der Waals surface area contributed by atoms with Gasteiger partial charge in [-0.15, -0.1) is 0 Å². The maximum atomic E-state index is 13.2. The standard InChI is InChI=1S/C24H25BrClN3O4/c1-5-14(3)22-28-20-9-8-17(25)12-18(20)23(30)29(22)27-13-16-7-10-21(19(26)11-16)33-15(4)24(31)32-6-2/h7-15H,5-6H2,1-4H3/t14-,15+/m0/s1. The molecule has 1 aromatic heterocycles. The zero-order chi connectivity index (χ0) is 24.1. The number of hydrogen-bond acceptors (Lipinski definition) is 6. The maximum Gasteiger partial charge on any atom is 0.347 e. The first-order chi connectivity index (χ1) is 15.7. The summed E-state index contributed by atoms with van der Waals surface area (Å²) in [5, 5.41) is 5.22. The largest absolute Gasteiger partial charge is 0.477 e. The molecular weight excluding hydrogens is 510 g/mol. The highest BCUT2D eigenvalue weighted by atomic mass is 79.9. The van der Waals surface area contributed by atoms with Gasteiger partial charge in [0.15, 0.2) is 6.10 Å². The first-order valence-electron chi connectivity index (χ1n) is 10.6. The number of aromatic nitrogens is 2. The molecule has 0 N–H and O–H groups in total. The minimum absolute atomic E-state index is 0.0339. The van der Waals surface area contributed by atoms with Gasteiger partial charge in [0.05, 0.1) is 28.7 Å². The first kappa shape index (κ1) is 24.9. The molecule has 0 saturated carbocycles. The van der Waals surface area contributed by atoms with Crippen LogP contribution < -0.4 is 10.3 Å². The summed E-state index contributed by atoms with van der Waals surface area (Å²) in [6, 6.07) is 10.4. The van der Waals surface area contributed by atoms with Crippen molar-refractivity contribution in [1.82, 2.24) is 9.66 Å². The zero-order valence-electron chi connectivity index (χ0n) is 18.8. The zero-order valence-corrected chi connectivity index (χ0v) is 21.2. The van der Waals surface area contributed by atoms with E-state index in [1.54, 1.807) is 44.3 Å². The van der Waals surface area contributed by atoms with Gasteiger partial charge >= 0.3 is 5.97 Å². The molecule has 0 saturated heterocycles. The molecule has 3 rings (SSSR count). The van der Waals surface area contributed by atoms with E-state index in [0.29, 0.717) is 33.1 Å². The fourth-order valence-electron chi connectivity index (χ4n) is 3.09. The van der Waals surface area contributed by atoms with Gasteiger partial charge in [0, 0.05) is 10.4 Å². The quantitative estimate of drug-likeness (QED) is 0.280. The SMILES string of the molecule is CCOC(=O)[C@@H](C)Oc1ccc(C=Nn2c([C@@H](C)CC)nc3ccc(Br)cc3c2=O)cc1Cl. The van der Waals surface area contributed by atoms with E-state index in [4.69, 9.17) is 26.1 Å². The molecule has 3 aromatic rings. The molecule has 0 fully saturated rings. The number of nitrogens with zero attached hydrogens (tertiary/aromatic N) is 3. The van der Waals surface area contributed by atoms with Gasteiger partial charge in [0.1, 0.15) is 11.6 Å². The third-order valence-corrected chi connectivity index (χ3v) is 5.88. The van der Waals surface area contributed by atoms with Crippen molar-refractivity contribution in [1.29, 1.82) is 0 Å². The third-order valence-electron chi connectivity index (χ3n) is 5.09. The van der Waals surface area contributed by atoms with Crippen LogP contribution in [0.25, 0.3) is 10.9 Å². The highest BCUT2D eigenvalue weighted by Gasteiger charge is 2.18. The second-order valence-corrected chi connectivity index (χ2v) is 8.83. The summed E-state index contributed by atoms with van der Waals surface area (Å²) in [6.45, 7) is 7.64. The third kappa shape index (κ3) is 5.81. The van der Waals surface area contributed by atoms with Gasteiger partial charge in [-0.2, -0.15) is 9.78 Å². The lowest BCUT2D eigenvalue weighted by molar-refractivity contribution is -0.150. The molecule has 0 aliphatic heterocycles. The van der Waals surface area contributed by atoms with E-state index in [2.05, 4.69) is 21.0 Å². The first-order valence-corrected chi connectivity index (χ1v) is 11.8. The Hall–Kier alpha value is -2.71. The highest BCUT2D eigenvalue weighted by molar-refractivity contribution is 9.10. The minimum atomic E-state index is -0.790. The fourth-order valence-corrected chi connectivity index (χ4v) is 3.69. The van der Waals surface area contributed by atoms with Crippen LogP contribution in [0.2, 0.25) is 5.02 Å². The van der Waals surface area contributed by atoms with Crippen LogP contribution in [-0.2, 0) is 9.53 Å². The molecule has 0 unspecified atom stereocenters. The molecule has 0 radical (unpaired) electrons. The minimum Gasteiger partial charge on any atom is -0.477 e. The van der Waals surface area contributed by atoms with E-state index in [1.165, 1.54) is 4.68 Å². The predicted molar refractivity (Wildman–Crippen MR) is 134 cm³/mol. The Labute approximate surface area is 205 Å². The molecular formula is C24H25BrClN3O4. The average Bonchev–Trinajstić information content (AvgIpc) is 2.79. The van der Waals surface area contributed by atoms with Gasteiger partial charge in [-0.05, 0) is 62.2 Å². The fraction of sp³-hybridized carbons (Fsp3) is 0.333. The maximum absolute atomic E-state index is 13.2. The molecule has 1 heterocycles. The lowest BCUT2D eigenvalue weighted by Gasteiger charge is -2.15. The summed E-state index contributed by atoms with van der Waals surface area (Å²) in [4.78, 5) is 29.7. The van der Waals surface area contributed by atoms with Crippen molar-refractivity contribution in [2.75, 3.05) is 6.61 Å². The molecule has 0 spiro atoms. The number of rotatable bonds is 8. The van der Waals surface area contributed by atoms with Gasteiger partial charge in [0.25, 0.3) is 5.56 Å². The number of esters is 1. The summed E-state index contributed by atoms with van der Waals surface area (Å²) in [6.07, 6.45) is 1.56. The Bertz CT molecular complexity index is 1260. The summed E-state index contributed by atoms with van der Waals surface area (Å²) in [5.74, 6) is 0.505. The van der Waals surface area contributed by atoms with Gasteiger partial charge < -0.3 is 9.47 Å². The molecule has 0 aliphatic rings. The molecule has 33 heavy (non-hydrogen) atoms. The molecule has 2 atom stereocenters. The summed E-state index contributed by atoms with van der Waals surface area (Å²) in [5.41, 5.74) is 1.04. The number of carbonyl (C=O) groups is 1. The van der Waals surface area contributed by atoms with Crippen molar-refractivity contribution in [2.24, 2.45) is 5.10 Å². The number of fused-ring (bicyclic) bond motifs is 1. The smallest absolute Gasteiger partial charge is 0.347 e. The Kier molecular flexibility index (Phi) is 8.26. The van der Waals surface area contributed by atoms with Crippen LogP contribution in [0, 0.1) is 0 Å². The van der Waals surface area contributed by atoms with Crippen molar-refractivity contribution in [3.05, 3.63) is 67.6 Å². The molecule has 9 heteroatoms. The summed E-state index contributed by atoms with van der Waals surface area (Å²) < 4.78 is 12.7. The van der Waals surface area contributed by atoms with Crippen LogP contribution in [0.15, 0.2) is 50.8 Å². The van der Waals surface area contributed by atoms with Gasteiger partial charge in [-0.25, -0.2) is 9.78 Å². The van der Waals surface area contributed by atoms with Crippen LogP contribution in [-0.4, -0.2) is 34.6 Å². The number of benzene rings is 2. The van der Waals surface area contributed by atoms with E-state index in [1.807, 2.05) is 26.0 Å². The van der Waals surface area contributed by atoms with E-state index >= 15 is 0 Å². The predicted octanol–water partition coefficient (Wildman–Crippen LogP) is 5.54. The van der Waals surface area contributed by atoms with Crippen LogP contribution >= 0.6 is 27.5 Å². The van der Waals surface area contributed by atoms with Crippen molar-refractivity contribution in [2.45, 2.75) is 46.1 Å². The Morgan fingerprint density at radius 2 is 2.00 bits per heavy atom. The van der Waals surface area contributed by atoms with Crippen molar-refractivity contribution in [3.8, 4) is 5.75 Å². The van der Waals surface area contributed by atoms with Gasteiger partial charge in [-0.3, -0.25) is 4.79 Å². The Morgan fingerprint density at radius 3 is 2.67 bits per heavy atom. The van der Waals surface area contributed by atoms with Gasteiger partial charge in [-0.1, -0.05) is 41.4 Å². The van der Waals surface area contributed by atoms with Crippen LogP contribution in [0.4, 0.5) is 0 Å². The number of hydrogen-bond donors (Lipinski definition) is 0. The second kappa shape index (κ2) is 10.9. The molecule has 0 bridgehead atoms. The molecule has 0 aliphatic carbocycles. The monoisotopic (exact) mass is 533 g/mol. The number of carbonyl (C=O) groups excluding carboxylic acids is 1. The number of halogens is 2. The highest BCUT2D eigenvalue weighted by Crippen LogP contribution is 2.26. The number of ether oxygens (including phenoxy) is 2. The normalized spacial score (nSPS) is 13.3. The van der Waals surface area contributed by atoms with Crippen LogP contribution in [0.1, 0.15) is 51.4 Å². The lowest BCUT2D eigenvalue weighted by atomic mass is 10.1. The van der Waals surface area contributed by atoms with E-state index in [-0.39, 0.29) is 18.1 Å².